The summed E-state index contributed by atoms with van der Waals surface area (Å²) in [5.74, 6) is -3.37. The molecule has 0 spiro atoms. The number of aliphatic carboxylic acids is 1. The number of phosphoric acid groups is 1. The van der Waals surface area contributed by atoms with Gasteiger partial charge in [0.25, 0.3) is 0 Å². The molecule has 0 bridgehead atoms. The molecule has 0 unspecified atom stereocenters. The number of carbonyl (C=O) groups is 1. The molecule has 0 aliphatic heterocycles. The van der Waals surface area contributed by atoms with E-state index in [1.807, 2.05) is 0 Å². The summed E-state index contributed by atoms with van der Waals surface area (Å²) in [5, 5.41) is 35.2. The van der Waals surface area contributed by atoms with Crippen molar-refractivity contribution in [3.05, 3.63) is 0 Å². The van der Waals surface area contributed by atoms with Crippen molar-refractivity contribution in [2.75, 3.05) is 13.2 Å². The molecule has 6 N–H and O–H groups in total. The second-order valence-corrected chi connectivity index (χ2v) is 4.21. The molecular weight excluding hydrogens is 247 g/mol. The minimum Gasteiger partial charge on any atom is -0.481 e. The molecule has 16 heavy (non-hydrogen) atoms. The summed E-state index contributed by atoms with van der Waals surface area (Å²) in [6, 6.07) is 0. The number of rotatable bonds is 7. The first-order chi connectivity index (χ1) is 7.19. The van der Waals surface area contributed by atoms with Crippen molar-refractivity contribution in [2.24, 2.45) is 5.92 Å². The molecule has 0 fully saturated rings. The second kappa shape index (κ2) is 6.26. The molecule has 0 aliphatic rings. The highest BCUT2D eigenvalue weighted by molar-refractivity contribution is 7.46. The number of aliphatic hydroxyl groups excluding tert-OH is 3. The highest BCUT2D eigenvalue weighted by atomic mass is 31.2. The lowest BCUT2D eigenvalue weighted by molar-refractivity contribution is -0.152. The average molecular weight is 260 g/mol. The van der Waals surface area contributed by atoms with Crippen LogP contribution in [0.4, 0.5) is 0 Å². The fourth-order valence-electron chi connectivity index (χ4n) is 0.870. The van der Waals surface area contributed by atoms with Crippen molar-refractivity contribution < 1.29 is 44.1 Å². The minimum atomic E-state index is -4.86. The van der Waals surface area contributed by atoms with Crippen molar-refractivity contribution in [3.63, 3.8) is 0 Å². The molecule has 10 heteroatoms. The predicted octanol–water partition coefficient (Wildman–Crippen LogP) is -2.49. The van der Waals surface area contributed by atoms with E-state index < -0.39 is 45.1 Å². The quantitative estimate of drug-likeness (QED) is 0.271. The average Bonchev–Trinajstić information content (AvgIpc) is 2.14. The van der Waals surface area contributed by atoms with Gasteiger partial charge >= 0.3 is 13.8 Å². The van der Waals surface area contributed by atoms with Gasteiger partial charge in [-0.3, -0.25) is 9.32 Å². The van der Waals surface area contributed by atoms with Gasteiger partial charge < -0.3 is 30.2 Å². The monoisotopic (exact) mass is 260 g/mol. The zero-order valence-corrected chi connectivity index (χ0v) is 8.90. The van der Waals surface area contributed by atoms with Crippen LogP contribution in [0.25, 0.3) is 0 Å². The first kappa shape index (κ1) is 15.5. The molecule has 0 radical (unpaired) electrons. The van der Waals surface area contributed by atoms with Crippen LogP contribution in [0.5, 0.6) is 0 Å². The third-order valence-electron chi connectivity index (χ3n) is 1.73. The molecule has 0 saturated heterocycles. The number of hydrogen-bond donors (Lipinski definition) is 6. The van der Waals surface area contributed by atoms with E-state index in [0.717, 1.165) is 0 Å². The Kier molecular flexibility index (Phi) is 6.05. The molecule has 9 nitrogen and oxygen atoms in total. The van der Waals surface area contributed by atoms with E-state index >= 15 is 0 Å². The van der Waals surface area contributed by atoms with Crippen LogP contribution in [0.1, 0.15) is 0 Å². The van der Waals surface area contributed by atoms with Gasteiger partial charge in [0, 0.05) is 0 Å². The molecule has 0 aromatic heterocycles. The Balaban J connectivity index is 4.51. The Labute approximate surface area is 90.2 Å². The van der Waals surface area contributed by atoms with Gasteiger partial charge in [0.1, 0.15) is 12.0 Å². The summed E-state index contributed by atoms with van der Waals surface area (Å²) < 4.78 is 14.2. The number of hydrogen-bond acceptors (Lipinski definition) is 6. The van der Waals surface area contributed by atoms with E-state index in [4.69, 9.17) is 25.1 Å². The largest absolute Gasteiger partial charge is 0.481 e. The van der Waals surface area contributed by atoms with Crippen molar-refractivity contribution >= 4 is 13.8 Å². The number of aliphatic hydroxyl groups is 3. The second-order valence-electron chi connectivity index (χ2n) is 2.97. The van der Waals surface area contributed by atoms with Crippen molar-refractivity contribution in [1.29, 1.82) is 0 Å². The molecule has 0 heterocycles. The van der Waals surface area contributed by atoms with Crippen molar-refractivity contribution in [3.8, 4) is 0 Å². The Morgan fingerprint density at radius 1 is 1.31 bits per heavy atom. The van der Waals surface area contributed by atoms with Gasteiger partial charge in [0.15, 0.2) is 0 Å². The fourth-order valence-corrected chi connectivity index (χ4v) is 1.22. The predicted molar refractivity (Wildman–Crippen MR) is 48.2 cm³/mol. The van der Waals surface area contributed by atoms with Gasteiger partial charge in [-0.15, -0.1) is 0 Å². The van der Waals surface area contributed by atoms with E-state index in [9.17, 15) is 14.5 Å². The Morgan fingerprint density at radius 2 is 1.81 bits per heavy atom. The Hall–Kier alpha value is -0.540. The van der Waals surface area contributed by atoms with Gasteiger partial charge in [-0.2, -0.15) is 0 Å². The molecule has 3 atom stereocenters. The molecule has 96 valence electrons. The van der Waals surface area contributed by atoms with Crippen LogP contribution in [0, 0.1) is 5.92 Å². The first-order valence-corrected chi connectivity index (χ1v) is 5.62. The minimum absolute atomic E-state index is 0.888. The van der Waals surface area contributed by atoms with Crippen LogP contribution in [-0.2, 0) is 13.9 Å². The first-order valence-electron chi connectivity index (χ1n) is 4.09. The van der Waals surface area contributed by atoms with Gasteiger partial charge in [-0.05, 0) is 0 Å². The molecule has 0 aliphatic carbocycles. The molecule has 0 rings (SSSR count). The number of phosphoric ester groups is 1. The zero-order chi connectivity index (χ0) is 12.9. The van der Waals surface area contributed by atoms with E-state index in [-0.39, 0.29) is 0 Å². The number of carboxylic acids is 1. The highest BCUT2D eigenvalue weighted by Crippen LogP contribution is 2.36. The van der Waals surface area contributed by atoms with Crippen LogP contribution in [-0.4, -0.2) is 61.6 Å². The summed E-state index contributed by atoms with van der Waals surface area (Å²) in [4.78, 5) is 27.2. The maximum Gasteiger partial charge on any atom is 0.469 e. The van der Waals surface area contributed by atoms with Gasteiger partial charge in [0.05, 0.1) is 19.3 Å². The third-order valence-corrected chi connectivity index (χ3v) is 2.22. The lowest BCUT2D eigenvalue weighted by Gasteiger charge is -2.22. The van der Waals surface area contributed by atoms with Crippen molar-refractivity contribution in [2.45, 2.75) is 12.2 Å². The van der Waals surface area contributed by atoms with Gasteiger partial charge in [-0.1, -0.05) is 0 Å². The van der Waals surface area contributed by atoms with E-state index in [0.29, 0.717) is 0 Å². The lowest BCUT2D eigenvalue weighted by atomic mass is 9.99. The van der Waals surface area contributed by atoms with Crippen LogP contribution < -0.4 is 0 Å². The van der Waals surface area contributed by atoms with Crippen LogP contribution in [0.15, 0.2) is 0 Å². The zero-order valence-electron chi connectivity index (χ0n) is 8.00. The Morgan fingerprint density at radius 3 is 2.12 bits per heavy atom. The smallest absolute Gasteiger partial charge is 0.469 e. The normalized spacial score (nSPS) is 17.8. The van der Waals surface area contributed by atoms with Gasteiger partial charge in [-0.25, -0.2) is 4.57 Å². The molecular formula is C6H13O9P. The summed E-state index contributed by atoms with van der Waals surface area (Å²) in [5.41, 5.74) is 0. The van der Waals surface area contributed by atoms with Crippen LogP contribution in [0.2, 0.25) is 0 Å². The SMILES string of the molecule is O=C(O)[C@H](COP(=O)(O)O)[C@H](O)[C@H](O)CO. The molecule has 0 saturated carbocycles. The maximum absolute atomic E-state index is 10.6. The van der Waals surface area contributed by atoms with Gasteiger partial charge in [0.2, 0.25) is 0 Å². The third kappa shape index (κ3) is 5.52. The summed E-state index contributed by atoms with van der Waals surface area (Å²) in [7, 11) is -4.86. The fraction of sp³-hybridized carbons (Fsp3) is 0.833. The summed E-state index contributed by atoms with van der Waals surface area (Å²) in [6.07, 6.45) is -3.63. The highest BCUT2D eigenvalue weighted by Gasteiger charge is 2.33. The van der Waals surface area contributed by atoms with Crippen LogP contribution in [0.3, 0.4) is 0 Å². The summed E-state index contributed by atoms with van der Waals surface area (Å²) >= 11 is 0. The standard InChI is InChI=1S/C6H13O9P/c7-1-4(8)5(9)3(6(10)11)2-15-16(12,13)14/h3-5,7-9H,1-2H2,(H,10,11)(H2,12,13,14)/t3-,4-,5+/m1/s1. The lowest BCUT2D eigenvalue weighted by Crippen LogP contribution is -2.42. The van der Waals surface area contributed by atoms with Crippen LogP contribution >= 0.6 is 7.82 Å². The van der Waals surface area contributed by atoms with E-state index in [2.05, 4.69) is 4.52 Å². The van der Waals surface area contributed by atoms with Crippen molar-refractivity contribution in [1.82, 2.24) is 0 Å². The Bertz CT molecular complexity index is 273. The van der Waals surface area contributed by atoms with E-state index in [1.165, 1.54) is 0 Å². The topological polar surface area (TPSA) is 165 Å². The summed E-state index contributed by atoms with van der Waals surface area (Å²) in [6.45, 7) is -1.88. The molecule has 0 amide bonds. The van der Waals surface area contributed by atoms with E-state index in [1.54, 1.807) is 0 Å². The molecule has 0 aromatic rings. The maximum atomic E-state index is 10.6. The number of carboxylic acid groups (broad SMARTS) is 1. The molecule has 0 aromatic carbocycles.